The van der Waals surface area contributed by atoms with Crippen molar-refractivity contribution in [2.24, 2.45) is 5.92 Å². The number of nitrogens with one attached hydrogen (secondary N) is 1. The lowest BCUT2D eigenvalue weighted by Crippen LogP contribution is -2.40. The Labute approximate surface area is 168 Å². The molecule has 1 amide bonds. The van der Waals surface area contributed by atoms with Crippen LogP contribution in [-0.4, -0.2) is 28.4 Å². The molecule has 3 heterocycles. The zero-order valence-corrected chi connectivity index (χ0v) is 16.2. The van der Waals surface area contributed by atoms with Crippen molar-refractivity contribution in [3.63, 3.8) is 0 Å². The Bertz CT molecular complexity index is 1090. The molecule has 0 saturated carbocycles. The van der Waals surface area contributed by atoms with Crippen LogP contribution >= 0.6 is 0 Å². The number of carbonyl (C=O) groups excluding carboxylic acids is 1. The van der Waals surface area contributed by atoms with E-state index in [0.717, 1.165) is 17.0 Å². The van der Waals surface area contributed by atoms with Crippen molar-refractivity contribution in [3.05, 3.63) is 65.4 Å². The zero-order valence-electron chi connectivity index (χ0n) is 16.2. The number of aryl methyl sites for hydroxylation is 1. The van der Waals surface area contributed by atoms with Crippen molar-refractivity contribution >= 4 is 17.2 Å². The highest BCUT2D eigenvalue weighted by Gasteiger charge is 2.26. The number of piperidine rings is 1. The molecule has 0 atom stereocenters. The van der Waals surface area contributed by atoms with Crippen LogP contribution in [0.3, 0.4) is 0 Å². The van der Waals surface area contributed by atoms with Crippen LogP contribution in [0.15, 0.2) is 42.6 Å². The normalized spacial score (nSPS) is 14.7. The van der Waals surface area contributed by atoms with Crippen LogP contribution in [0.4, 0.5) is 10.1 Å². The van der Waals surface area contributed by atoms with Crippen LogP contribution in [0.25, 0.3) is 5.65 Å². The van der Waals surface area contributed by atoms with Crippen molar-refractivity contribution < 1.29 is 9.18 Å². The summed E-state index contributed by atoms with van der Waals surface area (Å²) in [5.41, 5.74) is 3.55. The average Bonchev–Trinajstić information content (AvgIpc) is 3.07. The van der Waals surface area contributed by atoms with E-state index in [0.29, 0.717) is 43.7 Å². The molecule has 0 spiro atoms. The molecular weight excluding hydrogens is 369 g/mol. The Morgan fingerprint density at radius 2 is 2.10 bits per heavy atom. The highest BCUT2D eigenvalue weighted by Crippen LogP contribution is 2.26. The summed E-state index contributed by atoms with van der Waals surface area (Å²) in [5.74, 6) is -0.461. The zero-order chi connectivity index (χ0) is 20.4. The van der Waals surface area contributed by atoms with Gasteiger partial charge >= 0.3 is 0 Å². The molecular formula is C22H22FN5O. The molecule has 4 rings (SSSR count). The van der Waals surface area contributed by atoms with E-state index in [1.165, 1.54) is 6.07 Å². The SMILES string of the molecule is Cc1nc2ccccn2c1CNC(=O)C1CCN(c2ccc(C#N)cc2F)CC1. The maximum absolute atomic E-state index is 14.2. The molecule has 1 aliphatic rings. The first-order valence-electron chi connectivity index (χ1n) is 9.71. The molecule has 0 aliphatic carbocycles. The fraction of sp³-hybridized carbons (Fsp3) is 0.318. The van der Waals surface area contributed by atoms with Gasteiger partial charge in [-0.25, -0.2) is 9.37 Å². The molecule has 0 bridgehead atoms. The lowest BCUT2D eigenvalue weighted by Gasteiger charge is -2.33. The number of benzene rings is 1. The monoisotopic (exact) mass is 391 g/mol. The second-order valence-electron chi connectivity index (χ2n) is 7.33. The van der Waals surface area contributed by atoms with Gasteiger partial charge in [0.1, 0.15) is 11.5 Å². The summed E-state index contributed by atoms with van der Waals surface area (Å²) in [7, 11) is 0. The van der Waals surface area contributed by atoms with E-state index in [2.05, 4.69) is 10.3 Å². The number of halogens is 1. The van der Waals surface area contributed by atoms with Gasteiger partial charge in [0.2, 0.25) is 5.91 Å². The largest absolute Gasteiger partial charge is 0.369 e. The van der Waals surface area contributed by atoms with Gasteiger partial charge in [-0.2, -0.15) is 5.26 Å². The fourth-order valence-electron chi connectivity index (χ4n) is 3.91. The number of fused-ring (bicyclic) bond motifs is 1. The standard InChI is InChI=1S/C22H22FN5O/c1-15-20(28-9-3-2-4-21(28)26-15)14-25-22(29)17-7-10-27(11-8-17)19-6-5-16(13-24)12-18(19)23/h2-6,9,12,17H,7-8,10-11,14H2,1H3,(H,25,29). The van der Waals surface area contributed by atoms with Crippen LogP contribution in [0, 0.1) is 30.0 Å². The summed E-state index contributed by atoms with van der Waals surface area (Å²) in [6.45, 7) is 3.59. The van der Waals surface area contributed by atoms with Crippen LogP contribution in [0.2, 0.25) is 0 Å². The highest BCUT2D eigenvalue weighted by atomic mass is 19.1. The second-order valence-corrected chi connectivity index (χ2v) is 7.33. The number of pyridine rings is 1. The molecule has 1 aliphatic heterocycles. The second kappa shape index (κ2) is 7.92. The molecule has 3 aromatic rings. The van der Waals surface area contributed by atoms with Crippen LogP contribution in [-0.2, 0) is 11.3 Å². The number of rotatable bonds is 4. The van der Waals surface area contributed by atoms with E-state index < -0.39 is 5.82 Å². The number of imidazole rings is 1. The third-order valence-electron chi connectivity index (χ3n) is 5.54. The van der Waals surface area contributed by atoms with Crippen molar-refractivity contribution in [1.29, 1.82) is 5.26 Å². The molecule has 0 unspecified atom stereocenters. The third kappa shape index (κ3) is 3.79. The van der Waals surface area contributed by atoms with Gasteiger partial charge in [0.05, 0.1) is 35.3 Å². The van der Waals surface area contributed by atoms with Crippen molar-refractivity contribution in [1.82, 2.24) is 14.7 Å². The predicted molar refractivity (Wildman–Crippen MR) is 108 cm³/mol. The van der Waals surface area contributed by atoms with Gasteiger partial charge in [0, 0.05) is 25.2 Å². The summed E-state index contributed by atoms with van der Waals surface area (Å²) in [6, 6.07) is 12.3. The summed E-state index contributed by atoms with van der Waals surface area (Å²) in [4.78, 5) is 19.1. The summed E-state index contributed by atoms with van der Waals surface area (Å²) >= 11 is 0. The van der Waals surface area contributed by atoms with E-state index in [9.17, 15) is 9.18 Å². The summed E-state index contributed by atoms with van der Waals surface area (Å²) in [5, 5.41) is 11.9. The Hall–Kier alpha value is -3.40. The van der Waals surface area contributed by atoms with Gasteiger partial charge in [-0.3, -0.25) is 4.79 Å². The Kier molecular flexibility index (Phi) is 5.17. The molecule has 29 heavy (non-hydrogen) atoms. The molecule has 1 fully saturated rings. The summed E-state index contributed by atoms with van der Waals surface area (Å²) in [6.07, 6.45) is 3.27. The minimum absolute atomic E-state index is 0.0234. The number of nitriles is 1. The van der Waals surface area contributed by atoms with E-state index in [-0.39, 0.29) is 11.8 Å². The Morgan fingerprint density at radius 1 is 1.31 bits per heavy atom. The summed E-state index contributed by atoms with van der Waals surface area (Å²) < 4.78 is 16.2. The van der Waals surface area contributed by atoms with Crippen molar-refractivity contribution in [3.8, 4) is 6.07 Å². The van der Waals surface area contributed by atoms with Crippen molar-refractivity contribution in [2.75, 3.05) is 18.0 Å². The first-order valence-corrected chi connectivity index (χ1v) is 9.71. The molecule has 7 heteroatoms. The van der Waals surface area contributed by atoms with Gasteiger partial charge < -0.3 is 14.6 Å². The maximum Gasteiger partial charge on any atom is 0.223 e. The number of hydrogen-bond acceptors (Lipinski definition) is 4. The molecule has 2 aromatic heterocycles. The number of aromatic nitrogens is 2. The molecule has 148 valence electrons. The quantitative estimate of drug-likeness (QED) is 0.741. The van der Waals surface area contributed by atoms with Crippen molar-refractivity contribution in [2.45, 2.75) is 26.3 Å². The minimum atomic E-state index is -0.393. The minimum Gasteiger partial charge on any atom is -0.369 e. The Balaban J connectivity index is 1.36. The topological polar surface area (TPSA) is 73.4 Å². The number of anilines is 1. The van der Waals surface area contributed by atoms with E-state index >= 15 is 0 Å². The molecule has 0 radical (unpaired) electrons. The van der Waals surface area contributed by atoms with Gasteiger partial charge in [0.25, 0.3) is 0 Å². The lowest BCUT2D eigenvalue weighted by atomic mass is 9.95. The molecule has 1 saturated heterocycles. The first kappa shape index (κ1) is 18.9. The smallest absolute Gasteiger partial charge is 0.223 e. The fourth-order valence-corrected chi connectivity index (χ4v) is 3.91. The number of carbonyl (C=O) groups is 1. The number of nitrogens with zero attached hydrogens (tertiary/aromatic N) is 4. The number of amides is 1. The van der Waals surface area contributed by atoms with Crippen LogP contribution in [0.5, 0.6) is 0 Å². The maximum atomic E-state index is 14.2. The van der Waals surface area contributed by atoms with Crippen LogP contribution in [0.1, 0.15) is 29.8 Å². The molecule has 1 N–H and O–H groups in total. The van der Waals surface area contributed by atoms with Gasteiger partial charge in [-0.1, -0.05) is 6.07 Å². The molecule has 6 nitrogen and oxygen atoms in total. The van der Waals surface area contributed by atoms with Crippen LogP contribution < -0.4 is 10.2 Å². The third-order valence-corrected chi connectivity index (χ3v) is 5.54. The Morgan fingerprint density at radius 3 is 2.83 bits per heavy atom. The van der Waals surface area contributed by atoms with E-state index in [1.807, 2.05) is 46.7 Å². The van der Waals surface area contributed by atoms with Gasteiger partial charge in [0.15, 0.2) is 0 Å². The highest BCUT2D eigenvalue weighted by molar-refractivity contribution is 5.79. The van der Waals surface area contributed by atoms with Gasteiger partial charge in [-0.05, 0) is 50.1 Å². The number of hydrogen-bond donors (Lipinski definition) is 1. The van der Waals surface area contributed by atoms with E-state index in [1.54, 1.807) is 12.1 Å². The average molecular weight is 391 g/mol. The lowest BCUT2D eigenvalue weighted by molar-refractivity contribution is -0.125. The van der Waals surface area contributed by atoms with E-state index in [4.69, 9.17) is 5.26 Å². The van der Waals surface area contributed by atoms with Gasteiger partial charge in [-0.15, -0.1) is 0 Å². The first-order chi connectivity index (χ1) is 14.1. The molecule has 1 aromatic carbocycles. The predicted octanol–water partition coefficient (Wildman–Crippen LogP) is 3.19.